The van der Waals surface area contributed by atoms with Crippen molar-refractivity contribution in [1.29, 1.82) is 0 Å². The Labute approximate surface area is 99.5 Å². The van der Waals surface area contributed by atoms with E-state index < -0.39 is 18.2 Å². The van der Waals surface area contributed by atoms with Gasteiger partial charge in [-0.2, -0.15) is 0 Å². The van der Waals surface area contributed by atoms with Crippen molar-refractivity contribution in [3.8, 4) is 0 Å². The number of carbonyl (C=O) groups is 1. The molecule has 1 aromatic carbocycles. The molecule has 0 spiro atoms. The van der Waals surface area contributed by atoms with Crippen LogP contribution in [0.5, 0.6) is 0 Å². The van der Waals surface area contributed by atoms with E-state index in [1.165, 1.54) is 12.1 Å². The zero-order valence-electron chi connectivity index (χ0n) is 9.63. The number of aromatic carboxylic acids is 1. The van der Waals surface area contributed by atoms with E-state index >= 15 is 0 Å². The summed E-state index contributed by atoms with van der Waals surface area (Å²) in [5.41, 5.74) is 6.52. The van der Waals surface area contributed by atoms with E-state index in [1.54, 1.807) is 13.0 Å². The Morgan fingerprint density at radius 3 is 2.53 bits per heavy atom. The molecule has 5 nitrogen and oxygen atoms in total. The van der Waals surface area contributed by atoms with Crippen molar-refractivity contribution in [2.24, 2.45) is 5.73 Å². The standard InChI is InChI=1S/C12H17NO4/c1-7-6-8(2-3-9(7)12(16)17)11(15)10(14)4-5-13/h2-3,6,10-11,14-15H,4-5,13H2,1H3,(H,16,17). The summed E-state index contributed by atoms with van der Waals surface area (Å²) in [6.45, 7) is 1.93. The number of nitrogens with two attached hydrogens (primary N) is 1. The fourth-order valence-electron chi connectivity index (χ4n) is 1.66. The van der Waals surface area contributed by atoms with Crippen LogP contribution in [-0.4, -0.2) is 33.9 Å². The fraction of sp³-hybridized carbons (Fsp3) is 0.417. The molecule has 2 atom stereocenters. The highest BCUT2D eigenvalue weighted by Crippen LogP contribution is 2.21. The minimum atomic E-state index is -1.04. The van der Waals surface area contributed by atoms with Crippen LogP contribution in [0.15, 0.2) is 18.2 Å². The predicted octanol–water partition coefficient (Wildman–Crippen LogP) is 0.436. The third kappa shape index (κ3) is 3.26. The number of benzene rings is 1. The Balaban J connectivity index is 2.93. The average molecular weight is 239 g/mol. The molecule has 0 aromatic heterocycles. The van der Waals surface area contributed by atoms with Gasteiger partial charge in [0.2, 0.25) is 0 Å². The van der Waals surface area contributed by atoms with E-state index in [1.807, 2.05) is 0 Å². The maximum Gasteiger partial charge on any atom is 0.335 e. The summed E-state index contributed by atoms with van der Waals surface area (Å²) in [5.74, 6) is -1.01. The highest BCUT2D eigenvalue weighted by Gasteiger charge is 2.18. The van der Waals surface area contributed by atoms with Gasteiger partial charge < -0.3 is 21.1 Å². The number of aryl methyl sites for hydroxylation is 1. The Kier molecular flexibility index (Phi) is 4.62. The lowest BCUT2D eigenvalue weighted by Crippen LogP contribution is -2.22. The number of carboxylic acids is 1. The Bertz CT molecular complexity index is 405. The first-order valence-corrected chi connectivity index (χ1v) is 5.37. The molecule has 17 heavy (non-hydrogen) atoms. The van der Waals surface area contributed by atoms with Crippen LogP contribution < -0.4 is 5.73 Å². The Hall–Kier alpha value is -1.43. The van der Waals surface area contributed by atoms with Crippen LogP contribution in [0.3, 0.4) is 0 Å². The summed E-state index contributed by atoms with van der Waals surface area (Å²) < 4.78 is 0. The van der Waals surface area contributed by atoms with Crippen molar-refractivity contribution in [2.45, 2.75) is 25.6 Å². The van der Waals surface area contributed by atoms with Crippen molar-refractivity contribution >= 4 is 5.97 Å². The molecule has 0 amide bonds. The summed E-state index contributed by atoms with van der Waals surface area (Å²) >= 11 is 0. The summed E-state index contributed by atoms with van der Waals surface area (Å²) in [6, 6.07) is 4.49. The van der Waals surface area contributed by atoms with E-state index in [2.05, 4.69) is 0 Å². The summed E-state index contributed by atoms with van der Waals surface area (Å²) in [4.78, 5) is 10.8. The third-order valence-corrected chi connectivity index (χ3v) is 2.65. The number of hydrogen-bond acceptors (Lipinski definition) is 4. The van der Waals surface area contributed by atoms with Gasteiger partial charge in [0.05, 0.1) is 11.7 Å². The molecule has 0 saturated heterocycles. The number of carboxylic acid groups (broad SMARTS) is 1. The first-order chi connectivity index (χ1) is 7.97. The van der Waals surface area contributed by atoms with Gasteiger partial charge in [-0.15, -0.1) is 0 Å². The monoisotopic (exact) mass is 239 g/mol. The van der Waals surface area contributed by atoms with Gasteiger partial charge in [-0.3, -0.25) is 0 Å². The topological polar surface area (TPSA) is 104 Å². The molecule has 0 aliphatic carbocycles. The molecule has 0 fully saturated rings. The smallest absolute Gasteiger partial charge is 0.335 e. The predicted molar refractivity (Wildman–Crippen MR) is 62.8 cm³/mol. The highest BCUT2D eigenvalue weighted by atomic mass is 16.4. The first-order valence-electron chi connectivity index (χ1n) is 5.37. The lowest BCUT2D eigenvalue weighted by molar-refractivity contribution is 0.0150. The molecule has 0 heterocycles. The summed E-state index contributed by atoms with van der Waals surface area (Å²) in [5, 5.41) is 28.3. The molecule has 1 aromatic rings. The van der Waals surface area contributed by atoms with E-state index in [0.29, 0.717) is 17.5 Å². The quantitative estimate of drug-likeness (QED) is 0.596. The van der Waals surface area contributed by atoms with Crippen molar-refractivity contribution in [1.82, 2.24) is 0 Å². The number of rotatable bonds is 5. The van der Waals surface area contributed by atoms with Crippen LogP contribution >= 0.6 is 0 Å². The molecule has 1 rings (SSSR count). The molecule has 0 aliphatic heterocycles. The van der Waals surface area contributed by atoms with Gasteiger partial charge in [0, 0.05) is 0 Å². The van der Waals surface area contributed by atoms with Gasteiger partial charge in [0.1, 0.15) is 6.10 Å². The second-order valence-electron chi connectivity index (χ2n) is 3.97. The van der Waals surface area contributed by atoms with Crippen LogP contribution in [0.4, 0.5) is 0 Å². The van der Waals surface area contributed by atoms with E-state index in [4.69, 9.17) is 10.8 Å². The van der Waals surface area contributed by atoms with E-state index in [0.717, 1.165) is 0 Å². The van der Waals surface area contributed by atoms with Crippen LogP contribution in [0.25, 0.3) is 0 Å². The molecule has 5 heteroatoms. The maximum absolute atomic E-state index is 10.8. The maximum atomic E-state index is 10.8. The molecule has 0 aliphatic rings. The summed E-state index contributed by atoms with van der Waals surface area (Å²) in [6.07, 6.45) is -1.68. The fourth-order valence-corrected chi connectivity index (χ4v) is 1.66. The molecule has 5 N–H and O–H groups in total. The molecule has 0 saturated carbocycles. The Morgan fingerprint density at radius 1 is 1.41 bits per heavy atom. The van der Waals surface area contributed by atoms with Gasteiger partial charge in [-0.1, -0.05) is 12.1 Å². The Morgan fingerprint density at radius 2 is 2.06 bits per heavy atom. The van der Waals surface area contributed by atoms with Gasteiger partial charge >= 0.3 is 5.97 Å². The molecule has 2 unspecified atom stereocenters. The van der Waals surface area contributed by atoms with Gasteiger partial charge in [0.25, 0.3) is 0 Å². The molecular formula is C12H17NO4. The SMILES string of the molecule is Cc1cc(C(O)C(O)CCN)ccc1C(=O)O. The first kappa shape index (κ1) is 13.6. The van der Waals surface area contributed by atoms with Gasteiger partial charge in [0.15, 0.2) is 0 Å². The van der Waals surface area contributed by atoms with Crippen LogP contribution in [0, 0.1) is 6.92 Å². The van der Waals surface area contributed by atoms with E-state index in [-0.39, 0.29) is 12.1 Å². The van der Waals surface area contributed by atoms with Gasteiger partial charge in [-0.25, -0.2) is 4.79 Å². The van der Waals surface area contributed by atoms with Crippen molar-refractivity contribution in [3.63, 3.8) is 0 Å². The number of aliphatic hydroxyl groups excluding tert-OH is 2. The molecule has 0 bridgehead atoms. The molecule has 0 radical (unpaired) electrons. The average Bonchev–Trinajstić information content (AvgIpc) is 2.27. The number of hydrogen-bond donors (Lipinski definition) is 4. The largest absolute Gasteiger partial charge is 0.478 e. The zero-order chi connectivity index (χ0) is 13.0. The van der Waals surface area contributed by atoms with Crippen LogP contribution in [-0.2, 0) is 0 Å². The molecule has 94 valence electrons. The lowest BCUT2D eigenvalue weighted by atomic mass is 9.98. The minimum absolute atomic E-state index is 0.189. The van der Waals surface area contributed by atoms with Crippen LogP contribution in [0.2, 0.25) is 0 Å². The minimum Gasteiger partial charge on any atom is -0.478 e. The number of aliphatic hydroxyl groups is 2. The normalized spacial score (nSPS) is 14.4. The summed E-state index contributed by atoms with van der Waals surface area (Å²) in [7, 11) is 0. The van der Waals surface area contributed by atoms with Gasteiger partial charge in [-0.05, 0) is 37.1 Å². The molecular weight excluding hydrogens is 222 g/mol. The zero-order valence-corrected chi connectivity index (χ0v) is 9.63. The second-order valence-corrected chi connectivity index (χ2v) is 3.97. The van der Waals surface area contributed by atoms with Crippen LogP contribution in [0.1, 0.15) is 34.0 Å². The lowest BCUT2D eigenvalue weighted by Gasteiger charge is -2.18. The van der Waals surface area contributed by atoms with Crippen molar-refractivity contribution in [2.75, 3.05) is 6.54 Å². The third-order valence-electron chi connectivity index (χ3n) is 2.65. The van der Waals surface area contributed by atoms with Crippen molar-refractivity contribution in [3.05, 3.63) is 34.9 Å². The van der Waals surface area contributed by atoms with E-state index in [9.17, 15) is 15.0 Å². The highest BCUT2D eigenvalue weighted by molar-refractivity contribution is 5.89. The second kappa shape index (κ2) is 5.77. The van der Waals surface area contributed by atoms with Crippen molar-refractivity contribution < 1.29 is 20.1 Å².